The molecule has 0 saturated heterocycles. The highest BCUT2D eigenvalue weighted by Crippen LogP contribution is 2.29. The van der Waals surface area contributed by atoms with Gasteiger partial charge in [0.2, 0.25) is 0 Å². The number of esters is 1. The highest BCUT2D eigenvalue weighted by molar-refractivity contribution is 7.18. The predicted octanol–water partition coefficient (Wildman–Crippen LogP) is 4.43. The molecule has 7 nitrogen and oxygen atoms in total. The van der Waals surface area contributed by atoms with Crippen LogP contribution in [0.25, 0.3) is 16.2 Å². The summed E-state index contributed by atoms with van der Waals surface area (Å²) in [6, 6.07) is 10.9. The molecule has 1 aromatic carbocycles. The van der Waals surface area contributed by atoms with Gasteiger partial charge in [0.1, 0.15) is 16.3 Å². The van der Waals surface area contributed by atoms with E-state index in [1.165, 1.54) is 11.3 Å². The second kappa shape index (κ2) is 8.21. The zero-order chi connectivity index (χ0) is 21.3. The van der Waals surface area contributed by atoms with Gasteiger partial charge in [0.05, 0.1) is 11.6 Å². The van der Waals surface area contributed by atoms with Gasteiger partial charge in [0, 0.05) is 17.1 Å². The van der Waals surface area contributed by atoms with Crippen molar-refractivity contribution in [1.82, 2.24) is 9.38 Å². The molecule has 9 heteroatoms. The maximum absolute atomic E-state index is 13.1. The molecule has 1 N–H and O–H groups in total. The number of nitrogens with zero attached hydrogens (tertiary/aromatic N) is 2. The van der Waals surface area contributed by atoms with Crippen LogP contribution in [0.5, 0.6) is 0 Å². The molecule has 3 heterocycles. The van der Waals surface area contributed by atoms with Crippen LogP contribution < -0.4 is 5.32 Å². The van der Waals surface area contributed by atoms with Gasteiger partial charge in [0.15, 0.2) is 4.96 Å². The lowest BCUT2D eigenvalue weighted by molar-refractivity contribution is -0.112. The van der Waals surface area contributed by atoms with Gasteiger partial charge in [-0.15, -0.1) is 22.7 Å². The van der Waals surface area contributed by atoms with Crippen LogP contribution in [-0.2, 0) is 9.53 Å². The fraction of sp³-hybridized carbons (Fsp3) is 0.143. The van der Waals surface area contributed by atoms with Gasteiger partial charge >= 0.3 is 5.97 Å². The first-order valence-corrected chi connectivity index (χ1v) is 10.8. The number of ketones is 1. The molecule has 152 valence electrons. The summed E-state index contributed by atoms with van der Waals surface area (Å²) in [5, 5.41) is 4.82. The Hall–Kier alpha value is -3.30. The van der Waals surface area contributed by atoms with E-state index in [0.29, 0.717) is 26.1 Å². The van der Waals surface area contributed by atoms with E-state index in [0.717, 1.165) is 16.9 Å². The van der Waals surface area contributed by atoms with Crippen molar-refractivity contribution in [2.45, 2.75) is 13.8 Å². The number of thiophene rings is 1. The van der Waals surface area contributed by atoms with Gasteiger partial charge in [0.25, 0.3) is 11.7 Å². The maximum Gasteiger partial charge on any atom is 0.348 e. The first-order chi connectivity index (χ1) is 14.5. The number of rotatable bonds is 6. The molecule has 0 bridgehead atoms. The van der Waals surface area contributed by atoms with Crippen LogP contribution in [0.3, 0.4) is 0 Å². The molecule has 0 aliphatic heterocycles. The Balaban J connectivity index is 1.65. The molecule has 0 radical (unpaired) electrons. The Bertz CT molecular complexity index is 1250. The zero-order valence-electron chi connectivity index (χ0n) is 16.2. The van der Waals surface area contributed by atoms with Crippen molar-refractivity contribution in [2.75, 3.05) is 11.9 Å². The summed E-state index contributed by atoms with van der Waals surface area (Å²) in [7, 11) is 0. The van der Waals surface area contributed by atoms with E-state index in [4.69, 9.17) is 4.74 Å². The van der Waals surface area contributed by atoms with Gasteiger partial charge in [-0.3, -0.25) is 14.0 Å². The molecule has 0 aliphatic rings. The number of imidazole rings is 1. The maximum atomic E-state index is 13.1. The first-order valence-electron chi connectivity index (χ1n) is 9.13. The summed E-state index contributed by atoms with van der Waals surface area (Å²) >= 11 is 2.46. The molecule has 0 unspecified atom stereocenters. The lowest BCUT2D eigenvalue weighted by Crippen LogP contribution is -2.24. The van der Waals surface area contributed by atoms with E-state index in [9.17, 15) is 14.4 Å². The van der Waals surface area contributed by atoms with Crippen LogP contribution in [-0.4, -0.2) is 33.7 Å². The van der Waals surface area contributed by atoms with Gasteiger partial charge < -0.3 is 10.1 Å². The molecule has 0 fully saturated rings. The molecule has 0 saturated carbocycles. The Kier molecular flexibility index (Phi) is 5.47. The second-order valence-electron chi connectivity index (χ2n) is 6.36. The number of ether oxygens (including phenoxy) is 1. The summed E-state index contributed by atoms with van der Waals surface area (Å²) in [6.07, 6.45) is 1.72. The molecule has 3 aromatic heterocycles. The van der Waals surface area contributed by atoms with Gasteiger partial charge in [-0.05, 0) is 25.5 Å². The van der Waals surface area contributed by atoms with Crippen molar-refractivity contribution < 1.29 is 19.1 Å². The van der Waals surface area contributed by atoms with E-state index in [-0.39, 0.29) is 12.3 Å². The summed E-state index contributed by atoms with van der Waals surface area (Å²) in [4.78, 5) is 43.4. The summed E-state index contributed by atoms with van der Waals surface area (Å²) in [5.74, 6) is -1.95. The van der Waals surface area contributed by atoms with Crippen molar-refractivity contribution in [2.24, 2.45) is 0 Å². The standard InChI is InChI=1S/C21H17N3O4S2/c1-3-28-20(27)18-12(2)11-14(30-18)22-19(26)17(25)16-15(13-7-5-4-6-8-13)23-21-24(16)9-10-29-21/h4-11H,3H2,1-2H3,(H,22,26). The molecule has 0 aliphatic carbocycles. The first kappa shape index (κ1) is 20.0. The Morgan fingerprint density at radius 1 is 1.20 bits per heavy atom. The van der Waals surface area contributed by atoms with Gasteiger partial charge in [-0.1, -0.05) is 30.3 Å². The average Bonchev–Trinajstić information content (AvgIpc) is 3.42. The molecule has 30 heavy (non-hydrogen) atoms. The number of hydrogen-bond acceptors (Lipinski definition) is 7. The third-order valence-corrected chi connectivity index (χ3v) is 6.24. The molecular formula is C21H17N3O4S2. The third-order valence-electron chi connectivity index (χ3n) is 4.35. The predicted molar refractivity (Wildman–Crippen MR) is 116 cm³/mol. The average molecular weight is 440 g/mol. The van der Waals surface area contributed by atoms with E-state index < -0.39 is 17.7 Å². The number of thiazole rings is 1. The van der Waals surface area contributed by atoms with Gasteiger partial charge in [-0.25, -0.2) is 9.78 Å². The van der Waals surface area contributed by atoms with Crippen LogP contribution in [0, 0.1) is 6.92 Å². The van der Waals surface area contributed by atoms with Crippen molar-refractivity contribution in [3.05, 3.63) is 64.1 Å². The largest absolute Gasteiger partial charge is 0.462 e. The minimum absolute atomic E-state index is 0.203. The summed E-state index contributed by atoms with van der Waals surface area (Å²) in [5.41, 5.74) is 2.09. The number of aryl methyl sites for hydroxylation is 1. The number of carbonyl (C=O) groups is 3. The van der Waals surface area contributed by atoms with E-state index in [2.05, 4.69) is 10.3 Å². The molecule has 4 rings (SSSR count). The molecule has 0 atom stereocenters. The number of Topliss-reactive ketones (excluding diaryl/α,β-unsaturated/α-hetero) is 1. The normalized spacial score (nSPS) is 10.9. The number of fused-ring (bicyclic) bond motifs is 1. The number of amides is 1. The van der Waals surface area contributed by atoms with Crippen molar-refractivity contribution in [3.8, 4) is 11.3 Å². The SMILES string of the molecule is CCOC(=O)c1sc(NC(=O)C(=O)c2c(-c3ccccc3)nc3sccn23)cc1C. The lowest BCUT2D eigenvalue weighted by Gasteiger charge is -2.04. The Morgan fingerprint density at radius 2 is 1.97 bits per heavy atom. The molecule has 0 spiro atoms. The quantitative estimate of drug-likeness (QED) is 0.273. The van der Waals surface area contributed by atoms with Crippen LogP contribution in [0.4, 0.5) is 5.00 Å². The molecule has 1 amide bonds. The summed E-state index contributed by atoms with van der Waals surface area (Å²) in [6.45, 7) is 3.74. The summed E-state index contributed by atoms with van der Waals surface area (Å²) < 4.78 is 6.64. The highest BCUT2D eigenvalue weighted by Gasteiger charge is 2.27. The number of hydrogen-bond donors (Lipinski definition) is 1. The van der Waals surface area contributed by atoms with Gasteiger partial charge in [-0.2, -0.15) is 0 Å². The van der Waals surface area contributed by atoms with Crippen LogP contribution in [0.2, 0.25) is 0 Å². The van der Waals surface area contributed by atoms with Crippen LogP contribution in [0.1, 0.15) is 32.6 Å². The fourth-order valence-corrected chi connectivity index (χ4v) is 4.69. The molecule has 4 aromatic rings. The van der Waals surface area contributed by atoms with Crippen molar-refractivity contribution in [1.29, 1.82) is 0 Å². The smallest absolute Gasteiger partial charge is 0.348 e. The van der Waals surface area contributed by atoms with Crippen molar-refractivity contribution in [3.63, 3.8) is 0 Å². The van der Waals surface area contributed by atoms with Crippen LogP contribution in [0.15, 0.2) is 48.0 Å². The third kappa shape index (κ3) is 3.64. The lowest BCUT2D eigenvalue weighted by atomic mass is 10.1. The number of carbonyl (C=O) groups excluding carboxylic acids is 3. The number of aromatic nitrogens is 2. The highest BCUT2D eigenvalue weighted by atomic mass is 32.1. The fourth-order valence-electron chi connectivity index (χ4n) is 3.02. The zero-order valence-corrected chi connectivity index (χ0v) is 17.8. The van der Waals surface area contributed by atoms with E-state index in [1.54, 1.807) is 35.9 Å². The Morgan fingerprint density at radius 3 is 2.70 bits per heavy atom. The van der Waals surface area contributed by atoms with Crippen molar-refractivity contribution >= 4 is 50.3 Å². The Labute approximate surface area is 180 Å². The minimum atomic E-state index is -0.795. The number of benzene rings is 1. The second-order valence-corrected chi connectivity index (χ2v) is 8.28. The number of anilines is 1. The van der Waals surface area contributed by atoms with Crippen LogP contribution >= 0.6 is 22.7 Å². The minimum Gasteiger partial charge on any atom is -0.462 e. The topological polar surface area (TPSA) is 89.8 Å². The number of nitrogens with one attached hydrogen (secondary N) is 1. The molecular weight excluding hydrogens is 422 g/mol. The monoisotopic (exact) mass is 439 g/mol. The van der Waals surface area contributed by atoms with E-state index in [1.807, 2.05) is 30.3 Å². The van der Waals surface area contributed by atoms with E-state index >= 15 is 0 Å².